The molecule has 1 saturated heterocycles. The summed E-state index contributed by atoms with van der Waals surface area (Å²) in [5.41, 5.74) is 0. The Kier molecular flexibility index (Phi) is 10.2. The number of cyclic esters (lactones) is 2. The average Bonchev–Trinajstić information content (AvgIpc) is 3.24. The van der Waals surface area contributed by atoms with Crippen LogP contribution in [0.25, 0.3) is 0 Å². The molecule has 5 atom stereocenters. The minimum atomic E-state index is -0.554. The zero-order chi connectivity index (χ0) is 22.8. The van der Waals surface area contributed by atoms with Crippen molar-refractivity contribution in [1.82, 2.24) is 4.90 Å². The van der Waals surface area contributed by atoms with Crippen molar-refractivity contribution in [2.45, 2.75) is 57.8 Å². The van der Waals surface area contributed by atoms with Crippen LogP contribution in [0.1, 0.15) is 39.5 Å². The second kappa shape index (κ2) is 12.6. The fourth-order valence-electron chi connectivity index (χ4n) is 3.80. The molecule has 1 unspecified atom stereocenters. The van der Waals surface area contributed by atoms with Gasteiger partial charge in [0.25, 0.3) is 0 Å². The van der Waals surface area contributed by atoms with E-state index in [1.54, 1.807) is 31.3 Å². The molecule has 0 radical (unpaired) electrons. The lowest BCUT2D eigenvalue weighted by Crippen LogP contribution is -2.42. The maximum absolute atomic E-state index is 12.7. The smallest absolute Gasteiger partial charge is 0.328 e. The number of nitrogens with zero attached hydrogens (tertiary/aromatic N) is 1. The Morgan fingerprint density at radius 3 is 2.10 bits per heavy atom. The van der Waals surface area contributed by atoms with Crippen LogP contribution in [0.3, 0.4) is 0 Å². The Bertz CT molecular complexity index is 675. The summed E-state index contributed by atoms with van der Waals surface area (Å²) in [5, 5.41) is 0. The Hall–Kier alpha value is -2.19. The lowest BCUT2D eigenvalue weighted by atomic mass is 10.0. The third-order valence-electron chi connectivity index (χ3n) is 5.88. The lowest BCUT2D eigenvalue weighted by molar-refractivity contribution is -0.156. The molecule has 8 nitrogen and oxygen atoms in total. The van der Waals surface area contributed by atoms with Crippen LogP contribution in [0.5, 0.6) is 0 Å². The maximum atomic E-state index is 12.7. The summed E-state index contributed by atoms with van der Waals surface area (Å²) in [6.45, 7) is 4.62. The summed E-state index contributed by atoms with van der Waals surface area (Å²) >= 11 is 0. The van der Waals surface area contributed by atoms with Gasteiger partial charge in [0.05, 0.1) is 18.6 Å². The minimum absolute atomic E-state index is 0.0509. The second-order valence-corrected chi connectivity index (χ2v) is 8.09. The van der Waals surface area contributed by atoms with Gasteiger partial charge in [-0.2, -0.15) is 0 Å². The number of carbonyl (C=O) groups excluding carboxylic acids is 3. The van der Waals surface area contributed by atoms with Crippen molar-refractivity contribution in [2.24, 2.45) is 11.8 Å². The molecule has 1 fully saturated rings. The number of rotatable bonds is 2. The standard InChI is InChI=1S/C23H35NO7/c1-16-8-5-11-21(25)24-13-7-10-18(24)23(27)31-15-20(29-4)17(2)9-6-12-22(26)30-14-19(16)28-3/h5-6,8-9,16-20H,7,10-15H2,1-4H3/b8-5+,9-6+/t16-,17+,18+,19?,20-/m1/s1. The molecule has 2 heterocycles. The van der Waals surface area contributed by atoms with Gasteiger partial charge in [0, 0.05) is 39.0 Å². The van der Waals surface area contributed by atoms with Crippen molar-refractivity contribution in [1.29, 1.82) is 0 Å². The second-order valence-electron chi connectivity index (χ2n) is 8.09. The maximum Gasteiger partial charge on any atom is 0.328 e. The molecule has 174 valence electrons. The summed E-state index contributed by atoms with van der Waals surface area (Å²) in [6, 6.07) is -0.554. The van der Waals surface area contributed by atoms with Crippen molar-refractivity contribution in [2.75, 3.05) is 34.0 Å². The zero-order valence-electron chi connectivity index (χ0n) is 19.0. The topological polar surface area (TPSA) is 91.4 Å². The van der Waals surface area contributed by atoms with Gasteiger partial charge in [0.2, 0.25) is 5.91 Å². The molecule has 0 aliphatic carbocycles. The number of carbonyl (C=O) groups is 3. The summed E-state index contributed by atoms with van der Waals surface area (Å²) in [6.07, 6.45) is 8.26. The van der Waals surface area contributed by atoms with Gasteiger partial charge in [-0.05, 0) is 12.8 Å². The molecule has 0 spiro atoms. The van der Waals surface area contributed by atoms with Gasteiger partial charge in [-0.3, -0.25) is 9.59 Å². The molecule has 0 aromatic heterocycles. The van der Waals surface area contributed by atoms with Crippen LogP contribution in [-0.4, -0.2) is 75.0 Å². The fraction of sp³-hybridized carbons (Fsp3) is 0.696. The van der Waals surface area contributed by atoms with E-state index in [0.29, 0.717) is 13.0 Å². The van der Waals surface area contributed by atoms with Gasteiger partial charge in [0.15, 0.2) is 0 Å². The summed E-state index contributed by atoms with van der Waals surface area (Å²) in [5.74, 6) is -0.992. The van der Waals surface area contributed by atoms with Crippen LogP contribution in [0.4, 0.5) is 0 Å². The first-order chi connectivity index (χ1) is 14.9. The highest BCUT2D eigenvalue weighted by Gasteiger charge is 2.35. The van der Waals surface area contributed by atoms with E-state index in [1.165, 1.54) is 0 Å². The molecular weight excluding hydrogens is 402 g/mol. The van der Waals surface area contributed by atoms with Crippen LogP contribution in [0.15, 0.2) is 24.3 Å². The van der Waals surface area contributed by atoms with E-state index in [9.17, 15) is 14.4 Å². The van der Waals surface area contributed by atoms with Crippen LogP contribution >= 0.6 is 0 Å². The molecule has 0 saturated carbocycles. The van der Waals surface area contributed by atoms with Crippen molar-refractivity contribution < 1.29 is 33.3 Å². The molecule has 0 aromatic rings. The van der Waals surface area contributed by atoms with Crippen LogP contribution in [0, 0.1) is 11.8 Å². The van der Waals surface area contributed by atoms with Gasteiger partial charge < -0.3 is 23.8 Å². The minimum Gasteiger partial charge on any atom is -0.463 e. The number of hydrogen-bond acceptors (Lipinski definition) is 7. The van der Waals surface area contributed by atoms with Gasteiger partial charge in [-0.1, -0.05) is 38.2 Å². The van der Waals surface area contributed by atoms with E-state index in [2.05, 4.69) is 0 Å². The number of ether oxygens (including phenoxy) is 4. The molecule has 2 aliphatic rings. The van der Waals surface area contributed by atoms with E-state index >= 15 is 0 Å². The van der Waals surface area contributed by atoms with Crippen LogP contribution in [-0.2, 0) is 33.3 Å². The largest absolute Gasteiger partial charge is 0.463 e. The molecule has 1 amide bonds. The van der Waals surface area contributed by atoms with E-state index in [0.717, 1.165) is 6.42 Å². The van der Waals surface area contributed by atoms with E-state index in [4.69, 9.17) is 18.9 Å². The summed E-state index contributed by atoms with van der Waals surface area (Å²) in [7, 11) is 3.12. The number of amides is 1. The first-order valence-corrected chi connectivity index (χ1v) is 10.9. The average molecular weight is 438 g/mol. The van der Waals surface area contributed by atoms with Gasteiger partial charge in [0.1, 0.15) is 19.3 Å². The van der Waals surface area contributed by atoms with Crippen molar-refractivity contribution in [3.63, 3.8) is 0 Å². The molecular formula is C23H35NO7. The van der Waals surface area contributed by atoms with Crippen LogP contribution < -0.4 is 0 Å². The highest BCUT2D eigenvalue weighted by Crippen LogP contribution is 2.21. The predicted octanol–water partition coefficient (Wildman–Crippen LogP) is 2.27. The molecule has 0 N–H and O–H groups in total. The normalized spacial score (nSPS) is 34.0. The Morgan fingerprint density at radius 2 is 1.48 bits per heavy atom. The van der Waals surface area contributed by atoms with Gasteiger partial charge in [-0.15, -0.1) is 0 Å². The SMILES string of the molecule is COC1COC(=O)C/C=C/[C@H](C)[C@H](OC)COC(=O)[C@@H]2CCCN2C(=O)C/C=C/[C@H]1C. The third kappa shape index (κ3) is 7.47. The number of methoxy groups -OCH3 is 2. The fourth-order valence-corrected chi connectivity index (χ4v) is 3.80. The first-order valence-electron chi connectivity index (χ1n) is 10.9. The first kappa shape index (κ1) is 25.1. The monoisotopic (exact) mass is 437 g/mol. The summed E-state index contributed by atoms with van der Waals surface area (Å²) in [4.78, 5) is 39.0. The number of hydrogen-bond donors (Lipinski definition) is 0. The van der Waals surface area contributed by atoms with Crippen molar-refractivity contribution in [3.8, 4) is 0 Å². The lowest BCUT2D eigenvalue weighted by Gasteiger charge is -2.25. The molecule has 8 heteroatoms. The van der Waals surface area contributed by atoms with E-state index in [1.807, 2.05) is 26.0 Å². The highest BCUT2D eigenvalue weighted by molar-refractivity contribution is 5.85. The van der Waals surface area contributed by atoms with Crippen molar-refractivity contribution in [3.05, 3.63) is 24.3 Å². The third-order valence-corrected chi connectivity index (χ3v) is 5.88. The Balaban J connectivity index is 2.16. The molecule has 0 bridgehead atoms. The Labute approximate surface area is 184 Å². The Morgan fingerprint density at radius 1 is 0.903 bits per heavy atom. The van der Waals surface area contributed by atoms with E-state index < -0.39 is 12.0 Å². The quantitative estimate of drug-likeness (QED) is 0.483. The van der Waals surface area contributed by atoms with Gasteiger partial charge in [-0.25, -0.2) is 4.79 Å². The molecule has 2 rings (SSSR count). The number of fused-ring (bicyclic) bond motifs is 1. The molecule has 0 aromatic carbocycles. The van der Waals surface area contributed by atoms with Crippen molar-refractivity contribution >= 4 is 17.8 Å². The molecule has 2 aliphatic heterocycles. The van der Waals surface area contributed by atoms with Gasteiger partial charge >= 0.3 is 11.9 Å². The van der Waals surface area contributed by atoms with Crippen LogP contribution in [0.2, 0.25) is 0 Å². The zero-order valence-corrected chi connectivity index (χ0v) is 19.0. The van der Waals surface area contributed by atoms with E-state index in [-0.39, 0.29) is 62.0 Å². The molecule has 31 heavy (non-hydrogen) atoms. The highest BCUT2D eigenvalue weighted by atomic mass is 16.6. The predicted molar refractivity (Wildman–Crippen MR) is 114 cm³/mol. The summed E-state index contributed by atoms with van der Waals surface area (Å²) < 4.78 is 21.7. The number of esters is 2.